The summed E-state index contributed by atoms with van der Waals surface area (Å²) in [6.45, 7) is 4.05. The summed E-state index contributed by atoms with van der Waals surface area (Å²) >= 11 is 1.76. The molecule has 0 saturated heterocycles. The molecule has 0 atom stereocenters. The van der Waals surface area contributed by atoms with Crippen LogP contribution in [-0.4, -0.2) is 36.1 Å². The van der Waals surface area contributed by atoms with Crippen LogP contribution < -0.4 is 5.56 Å². The molecule has 8 heteroatoms. The summed E-state index contributed by atoms with van der Waals surface area (Å²) in [6, 6.07) is 12.7. The number of nitrogens with one attached hydrogen (secondary N) is 1. The van der Waals surface area contributed by atoms with Crippen molar-refractivity contribution in [1.29, 1.82) is 0 Å². The Morgan fingerprint density at radius 2 is 2.07 bits per heavy atom. The Labute approximate surface area is 167 Å². The molecule has 1 N–H and O–H groups in total. The van der Waals surface area contributed by atoms with Crippen molar-refractivity contribution in [3.8, 4) is 10.4 Å². The zero-order valence-electron chi connectivity index (χ0n) is 15.7. The van der Waals surface area contributed by atoms with Gasteiger partial charge >= 0.3 is 0 Å². The van der Waals surface area contributed by atoms with Crippen LogP contribution >= 0.6 is 11.3 Å². The Bertz CT molecular complexity index is 1200. The third-order valence-electron chi connectivity index (χ3n) is 4.82. The van der Waals surface area contributed by atoms with E-state index in [0.717, 1.165) is 19.3 Å². The lowest BCUT2D eigenvalue weighted by Crippen LogP contribution is -2.35. The highest BCUT2D eigenvalue weighted by Crippen LogP contribution is 2.30. The largest absolute Gasteiger partial charge is 0.297 e. The van der Waals surface area contributed by atoms with E-state index in [1.807, 2.05) is 0 Å². The van der Waals surface area contributed by atoms with Crippen LogP contribution in [0.5, 0.6) is 0 Å². The van der Waals surface area contributed by atoms with Crippen molar-refractivity contribution in [3.05, 3.63) is 68.4 Å². The molecule has 0 radical (unpaired) electrons. The predicted octanol–water partition coefficient (Wildman–Crippen LogP) is 2.77. The van der Waals surface area contributed by atoms with E-state index in [4.69, 9.17) is 0 Å². The first-order valence-corrected chi connectivity index (χ1v) is 11.7. The SMILES string of the molecule is Cc1cccc(-c2ccc(CN3CCc4nc(S(C)(=O)=O)[nH]c(=O)c4C3)s2)c1. The molecular weight excluding hydrogens is 394 g/mol. The average molecular weight is 416 g/mol. The van der Waals surface area contributed by atoms with Crippen molar-refractivity contribution in [2.75, 3.05) is 12.8 Å². The summed E-state index contributed by atoms with van der Waals surface area (Å²) in [4.78, 5) is 23.6. The van der Waals surface area contributed by atoms with E-state index in [-0.39, 0.29) is 10.7 Å². The highest BCUT2D eigenvalue weighted by atomic mass is 32.2. The topological polar surface area (TPSA) is 83.1 Å². The second kappa shape index (κ2) is 7.27. The van der Waals surface area contributed by atoms with E-state index in [2.05, 4.69) is 58.2 Å². The summed E-state index contributed by atoms with van der Waals surface area (Å²) in [6.07, 6.45) is 1.62. The number of hydrogen-bond acceptors (Lipinski definition) is 6. The molecule has 3 aromatic rings. The minimum atomic E-state index is -3.53. The molecular formula is C20H21N3O3S2. The third kappa shape index (κ3) is 3.94. The normalized spacial score (nSPS) is 14.8. The van der Waals surface area contributed by atoms with E-state index in [1.54, 1.807) is 11.3 Å². The number of benzene rings is 1. The number of sulfone groups is 1. The number of H-pyrrole nitrogens is 1. The van der Waals surface area contributed by atoms with Crippen molar-refractivity contribution in [2.45, 2.75) is 31.6 Å². The van der Waals surface area contributed by atoms with E-state index in [0.29, 0.717) is 24.2 Å². The zero-order chi connectivity index (χ0) is 19.9. The zero-order valence-corrected chi connectivity index (χ0v) is 17.4. The fourth-order valence-electron chi connectivity index (χ4n) is 3.41. The summed E-state index contributed by atoms with van der Waals surface area (Å²) in [5.74, 6) is 0. The van der Waals surface area contributed by atoms with E-state index in [1.165, 1.54) is 20.9 Å². The molecule has 146 valence electrons. The maximum absolute atomic E-state index is 12.4. The van der Waals surface area contributed by atoms with Crippen LogP contribution in [0.1, 0.15) is 21.7 Å². The number of rotatable bonds is 4. The Kier molecular flexibility index (Phi) is 4.95. The molecule has 1 aromatic carbocycles. The molecule has 0 bridgehead atoms. The van der Waals surface area contributed by atoms with Crippen LogP contribution in [0.25, 0.3) is 10.4 Å². The second-order valence-electron chi connectivity index (χ2n) is 7.16. The summed E-state index contributed by atoms with van der Waals surface area (Å²) < 4.78 is 23.4. The van der Waals surface area contributed by atoms with Gasteiger partial charge in [-0.2, -0.15) is 0 Å². The molecule has 1 aliphatic heterocycles. The van der Waals surface area contributed by atoms with Gasteiger partial charge in [0, 0.05) is 42.1 Å². The van der Waals surface area contributed by atoms with Crippen LogP contribution in [0.2, 0.25) is 0 Å². The van der Waals surface area contributed by atoms with Gasteiger partial charge in [-0.25, -0.2) is 13.4 Å². The van der Waals surface area contributed by atoms with Gasteiger partial charge in [0.25, 0.3) is 5.56 Å². The Morgan fingerprint density at radius 1 is 1.25 bits per heavy atom. The van der Waals surface area contributed by atoms with Gasteiger partial charge in [-0.3, -0.25) is 14.7 Å². The first-order chi connectivity index (χ1) is 13.3. The maximum atomic E-state index is 12.4. The summed E-state index contributed by atoms with van der Waals surface area (Å²) in [5, 5.41) is -0.245. The Morgan fingerprint density at radius 3 is 2.82 bits per heavy atom. The smallest absolute Gasteiger partial charge is 0.256 e. The molecule has 0 spiro atoms. The van der Waals surface area contributed by atoms with E-state index >= 15 is 0 Å². The number of aromatic amines is 1. The van der Waals surface area contributed by atoms with Crippen LogP contribution in [0, 0.1) is 6.92 Å². The number of aryl methyl sites for hydroxylation is 1. The number of hydrogen-bond donors (Lipinski definition) is 1. The number of nitrogens with zero attached hydrogens (tertiary/aromatic N) is 2. The van der Waals surface area contributed by atoms with Gasteiger partial charge in [0.2, 0.25) is 15.0 Å². The lowest BCUT2D eigenvalue weighted by molar-refractivity contribution is 0.243. The predicted molar refractivity (Wildman–Crippen MR) is 110 cm³/mol. The quantitative estimate of drug-likeness (QED) is 0.663. The molecule has 0 aliphatic carbocycles. The van der Waals surface area contributed by atoms with Gasteiger partial charge in [-0.15, -0.1) is 11.3 Å². The molecule has 2 aromatic heterocycles. The van der Waals surface area contributed by atoms with Gasteiger partial charge in [-0.1, -0.05) is 29.8 Å². The van der Waals surface area contributed by atoms with Gasteiger partial charge in [0.1, 0.15) is 0 Å². The third-order valence-corrected chi connectivity index (χ3v) is 6.84. The molecule has 3 heterocycles. The van der Waals surface area contributed by atoms with E-state index in [9.17, 15) is 13.2 Å². The van der Waals surface area contributed by atoms with Gasteiger partial charge in [0.15, 0.2) is 0 Å². The van der Waals surface area contributed by atoms with Gasteiger partial charge in [0.05, 0.1) is 11.3 Å². The molecule has 0 fully saturated rings. The monoisotopic (exact) mass is 415 g/mol. The summed E-state index contributed by atoms with van der Waals surface area (Å²) in [5.41, 5.74) is 3.25. The van der Waals surface area contributed by atoms with Crippen molar-refractivity contribution in [2.24, 2.45) is 0 Å². The number of aromatic nitrogens is 2. The summed E-state index contributed by atoms with van der Waals surface area (Å²) in [7, 11) is -3.53. The first kappa shape index (κ1) is 19.0. The fraction of sp³-hybridized carbons (Fsp3) is 0.300. The lowest BCUT2D eigenvalue weighted by atomic mass is 10.1. The second-order valence-corrected chi connectivity index (χ2v) is 10.3. The van der Waals surface area contributed by atoms with Crippen molar-refractivity contribution in [3.63, 3.8) is 0 Å². The molecule has 28 heavy (non-hydrogen) atoms. The molecule has 0 amide bonds. The van der Waals surface area contributed by atoms with Gasteiger partial charge < -0.3 is 0 Å². The van der Waals surface area contributed by atoms with Crippen molar-refractivity contribution >= 4 is 21.2 Å². The Hall–Kier alpha value is -2.29. The first-order valence-electron chi connectivity index (χ1n) is 9.00. The molecule has 4 rings (SSSR count). The standard InChI is InChI=1S/C20H21N3O3S2/c1-13-4-3-5-14(10-13)18-7-6-15(27-18)11-23-9-8-17-16(12-23)19(24)22-20(21-17)28(2,25)26/h3-7,10H,8-9,11-12H2,1-2H3,(H,21,22,24). The minimum Gasteiger partial charge on any atom is -0.297 e. The highest BCUT2D eigenvalue weighted by molar-refractivity contribution is 7.90. The van der Waals surface area contributed by atoms with Crippen LogP contribution in [0.3, 0.4) is 0 Å². The van der Waals surface area contributed by atoms with Crippen LogP contribution in [-0.2, 0) is 29.3 Å². The molecule has 0 saturated carbocycles. The molecule has 1 aliphatic rings. The van der Waals surface area contributed by atoms with Crippen molar-refractivity contribution in [1.82, 2.24) is 14.9 Å². The molecule has 0 unspecified atom stereocenters. The van der Waals surface area contributed by atoms with Crippen LogP contribution in [0.15, 0.2) is 46.3 Å². The number of fused-ring (bicyclic) bond motifs is 1. The van der Waals surface area contributed by atoms with Crippen LogP contribution in [0.4, 0.5) is 0 Å². The highest BCUT2D eigenvalue weighted by Gasteiger charge is 2.23. The minimum absolute atomic E-state index is 0.245. The van der Waals surface area contributed by atoms with E-state index < -0.39 is 9.84 Å². The number of thiophene rings is 1. The average Bonchev–Trinajstić information content (AvgIpc) is 3.10. The maximum Gasteiger partial charge on any atom is 0.256 e. The van der Waals surface area contributed by atoms with Gasteiger partial charge in [-0.05, 0) is 24.6 Å². The molecule has 6 nitrogen and oxygen atoms in total. The lowest BCUT2D eigenvalue weighted by Gasteiger charge is -2.27. The Balaban J connectivity index is 1.52. The fourth-order valence-corrected chi connectivity index (χ4v) is 5.01. The van der Waals surface area contributed by atoms with Crippen molar-refractivity contribution < 1.29 is 8.42 Å².